The van der Waals surface area contributed by atoms with Crippen LogP contribution in [-0.2, 0) is 0 Å². The van der Waals surface area contributed by atoms with E-state index in [4.69, 9.17) is 10.5 Å². The van der Waals surface area contributed by atoms with E-state index in [0.29, 0.717) is 17.0 Å². The number of hydrogen-bond donors (Lipinski definition) is 1. The minimum absolute atomic E-state index is 0.0204. The fourth-order valence-corrected chi connectivity index (χ4v) is 1.62. The first kappa shape index (κ1) is 13.0. The zero-order valence-corrected chi connectivity index (χ0v) is 10.8. The number of ether oxygens (including phenoxy) is 1. The number of anilines is 1. The van der Waals surface area contributed by atoms with E-state index >= 15 is 0 Å². The van der Waals surface area contributed by atoms with E-state index in [2.05, 4.69) is 9.97 Å². The molecule has 2 aromatic heterocycles. The lowest BCUT2D eigenvalue weighted by atomic mass is 10.1. The van der Waals surface area contributed by atoms with Crippen molar-refractivity contribution in [2.75, 3.05) is 5.73 Å². The zero-order chi connectivity index (χ0) is 13.8. The molecule has 0 atom stereocenters. The maximum atomic E-state index is 12.3. The summed E-state index contributed by atoms with van der Waals surface area (Å²) in [4.78, 5) is 20.3. The van der Waals surface area contributed by atoms with Crippen LogP contribution in [0.3, 0.4) is 0 Å². The van der Waals surface area contributed by atoms with Gasteiger partial charge in [0.05, 0.1) is 18.0 Å². The van der Waals surface area contributed by atoms with Gasteiger partial charge in [-0.25, -0.2) is 0 Å². The standard InChI is InChI=1S/C14H15N3O2/c1-9(2)19-11-6-10(7-16-8-11)14(18)13-12(15)4-3-5-17-13/h3-9H,15H2,1-2H3. The quantitative estimate of drug-likeness (QED) is 0.848. The second kappa shape index (κ2) is 5.48. The topological polar surface area (TPSA) is 78.1 Å². The van der Waals surface area contributed by atoms with Crippen molar-refractivity contribution in [3.8, 4) is 5.75 Å². The molecule has 98 valence electrons. The van der Waals surface area contributed by atoms with Gasteiger partial charge in [-0.15, -0.1) is 0 Å². The molecule has 0 amide bonds. The van der Waals surface area contributed by atoms with Crippen molar-refractivity contribution >= 4 is 11.5 Å². The molecule has 0 aliphatic rings. The lowest BCUT2D eigenvalue weighted by molar-refractivity contribution is 0.103. The van der Waals surface area contributed by atoms with Crippen molar-refractivity contribution in [2.24, 2.45) is 0 Å². The smallest absolute Gasteiger partial charge is 0.215 e. The van der Waals surface area contributed by atoms with Crippen molar-refractivity contribution in [1.29, 1.82) is 0 Å². The second-order valence-corrected chi connectivity index (χ2v) is 4.35. The molecular formula is C14H15N3O2. The van der Waals surface area contributed by atoms with Gasteiger partial charge in [0.15, 0.2) is 0 Å². The van der Waals surface area contributed by atoms with Gasteiger partial charge in [0.2, 0.25) is 5.78 Å². The number of nitrogen functional groups attached to an aromatic ring is 1. The summed E-state index contributed by atoms with van der Waals surface area (Å²) in [6.45, 7) is 3.82. The minimum Gasteiger partial charge on any atom is -0.489 e. The number of pyridine rings is 2. The first-order valence-corrected chi connectivity index (χ1v) is 5.95. The van der Waals surface area contributed by atoms with Crippen LogP contribution in [0.5, 0.6) is 5.75 Å². The average Bonchev–Trinajstić information content (AvgIpc) is 2.38. The van der Waals surface area contributed by atoms with Crippen LogP contribution in [0.4, 0.5) is 5.69 Å². The Balaban J connectivity index is 2.32. The van der Waals surface area contributed by atoms with Crippen molar-refractivity contribution in [3.05, 3.63) is 48.0 Å². The molecule has 2 rings (SSSR count). The van der Waals surface area contributed by atoms with Crippen molar-refractivity contribution < 1.29 is 9.53 Å². The number of nitrogens with two attached hydrogens (primary N) is 1. The van der Waals surface area contributed by atoms with Crippen LogP contribution in [0, 0.1) is 0 Å². The molecule has 0 aliphatic heterocycles. The highest BCUT2D eigenvalue weighted by atomic mass is 16.5. The fraction of sp³-hybridized carbons (Fsp3) is 0.214. The molecule has 0 aliphatic carbocycles. The van der Waals surface area contributed by atoms with Crippen LogP contribution in [0.15, 0.2) is 36.8 Å². The summed E-state index contributed by atoms with van der Waals surface area (Å²) in [5.41, 5.74) is 6.73. The molecule has 19 heavy (non-hydrogen) atoms. The summed E-state index contributed by atoms with van der Waals surface area (Å²) >= 11 is 0. The van der Waals surface area contributed by atoms with Crippen LogP contribution in [0.1, 0.15) is 29.9 Å². The van der Waals surface area contributed by atoms with E-state index in [1.54, 1.807) is 24.4 Å². The van der Waals surface area contributed by atoms with E-state index < -0.39 is 0 Å². The van der Waals surface area contributed by atoms with Gasteiger partial charge in [-0.05, 0) is 32.0 Å². The summed E-state index contributed by atoms with van der Waals surface area (Å²) in [7, 11) is 0. The molecule has 0 saturated heterocycles. The van der Waals surface area contributed by atoms with Crippen molar-refractivity contribution in [3.63, 3.8) is 0 Å². The third-order valence-corrected chi connectivity index (χ3v) is 2.40. The maximum absolute atomic E-state index is 12.3. The van der Waals surface area contributed by atoms with Gasteiger partial charge >= 0.3 is 0 Å². The van der Waals surface area contributed by atoms with Gasteiger partial charge in [-0.1, -0.05) is 0 Å². The summed E-state index contributed by atoms with van der Waals surface area (Å²) in [5, 5.41) is 0. The average molecular weight is 257 g/mol. The van der Waals surface area contributed by atoms with E-state index in [0.717, 1.165) is 0 Å². The SMILES string of the molecule is CC(C)Oc1cncc(C(=O)c2ncccc2N)c1. The molecule has 0 radical (unpaired) electrons. The molecule has 2 N–H and O–H groups in total. The number of rotatable bonds is 4. The number of carbonyl (C=O) groups excluding carboxylic acids is 1. The number of aromatic nitrogens is 2. The molecule has 0 unspecified atom stereocenters. The molecule has 2 aromatic rings. The highest BCUT2D eigenvalue weighted by molar-refractivity contribution is 6.10. The first-order chi connectivity index (χ1) is 9.08. The summed E-state index contributed by atoms with van der Waals surface area (Å²) in [6.07, 6.45) is 4.60. The Bertz CT molecular complexity index is 597. The molecule has 5 heteroatoms. The lowest BCUT2D eigenvalue weighted by Gasteiger charge is -2.10. The van der Waals surface area contributed by atoms with Crippen molar-refractivity contribution in [1.82, 2.24) is 9.97 Å². The first-order valence-electron chi connectivity index (χ1n) is 5.95. The van der Waals surface area contributed by atoms with Gasteiger partial charge in [0, 0.05) is 18.0 Å². The Labute approximate surface area is 111 Å². The summed E-state index contributed by atoms with van der Waals surface area (Å²) in [6, 6.07) is 4.97. The molecule has 0 bridgehead atoms. The number of carbonyl (C=O) groups is 1. The molecule has 0 saturated carbocycles. The van der Waals surface area contributed by atoms with Gasteiger partial charge in [0.25, 0.3) is 0 Å². The van der Waals surface area contributed by atoms with Gasteiger partial charge in [-0.3, -0.25) is 14.8 Å². The fourth-order valence-electron chi connectivity index (χ4n) is 1.62. The Morgan fingerprint density at radius 3 is 2.84 bits per heavy atom. The van der Waals surface area contributed by atoms with Crippen LogP contribution >= 0.6 is 0 Å². The van der Waals surface area contributed by atoms with E-state index in [-0.39, 0.29) is 17.6 Å². The van der Waals surface area contributed by atoms with Gasteiger partial charge in [0.1, 0.15) is 11.4 Å². The van der Waals surface area contributed by atoms with Crippen LogP contribution in [0.25, 0.3) is 0 Å². The second-order valence-electron chi connectivity index (χ2n) is 4.35. The molecule has 2 heterocycles. The molecular weight excluding hydrogens is 242 g/mol. The summed E-state index contributed by atoms with van der Waals surface area (Å²) in [5.74, 6) is 0.287. The molecule has 5 nitrogen and oxygen atoms in total. The number of nitrogens with zero attached hydrogens (tertiary/aromatic N) is 2. The highest BCUT2D eigenvalue weighted by Crippen LogP contribution is 2.17. The molecule has 0 aromatic carbocycles. The van der Waals surface area contributed by atoms with E-state index in [9.17, 15) is 4.79 Å². The van der Waals surface area contributed by atoms with Crippen LogP contribution in [0.2, 0.25) is 0 Å². The Kier molecular flexibility index (Phi) is 3.75. The van der Waals surface area contributed by atoms with Crippen molar-refractivity contribution in [2.45, 2.75) is 20.0 Å². The monoisotopic (exact) mass is 257 g/mol. The lowest BCUT2D eigenvalue weighted by Crippen LogP contribution is -2.10. The third-order valence-electron chi connectivity index (χ3n) is 2.40. The van der Waals surface area contributed by atoms with E-state index in [1.807, 2.05) is 13.8 Å². The normalized spacial score (nSPS) is 10.5. The third kappa shape index (κ3) is 3.07. The van der Waals surface area contributed by atoms with Crippen LogP contribution in [-0.4, -0.2) is 21.9 Å². The Morgan fingerprint density at radius 2 is 2.16 bits per heavy atom. The molecule has 0 fully saturated rings. The number of ketones is 1. The maximum Gasteiger partial charge on any atom is 0.215 e. The van der Waals surface area contributed by atoms with Gasteiger partial charge < -0.3 is 10.5 Å². The van der Waals surface area contributed by atoms with Crippen LogP contribution < -0.4 is 10.5 Å². The molecule has 0 spiro atoms. The van der Waals surface area contributed by atoms with E-state index in [1.165, 1.54) is 12.4 Å². The minimum atomic E-state index is -0.264. The predicted octanol–water partition coefficient (Wildman–Crippen LogP) is 2.08. The Hall–Kier alpha value is -2.43. The Morgan fingerprint density at radius 1 is 1.37 bits per heavy atom. The predicted molar refractivity (Wildman–Crippen MR) is 72.1 cm³/mol. The largest absolute Gasteiger partial charge is 0.489 e. The van der Waals surface area contributed by atoms with Gasteiger partial charge in [-0.2, -0.15) is 0 Å². The number of hydrogen-bond acceptors (Lipinski definition) is 5. The highest BCUT2D eigenvalue weighted by Gasteiger charge is 2.14. The zero-order valence-electron chi connectivity index (χ0n) is 10.8. The summed E-state index contributed by atoms with van der Waals surface area (Å²) < 4.78 is 5.50.